The fourth-order valence-electron chi connectivity index (χ4n) is 4.20. The third kappa shape index (κ3) is 4.18. The van der Waals surface area contributed by atoms with Gasteiger partial charge in [-0.15, -0.1) is 0 Å². The number of rotatable bonds is 4. The monoisotopic (exact) mass is 404 g/mol. The standard InChI is InChI=1S/C26H28O4/c1-16(2)19-11-9-18(10-12-19)14-23-25(27)24-17(3)13-21(15-22(24)30-23)29-26(28)20-7-5-4-6-8-20/h9-16,20H,4-8H2,1-3H3/b23-14-. The average Bonchev–Trinajstić information content (AvgIpc) is 3.04. The number of esters is 1. The molecule has 1 heterocycles. The molecule has 0 unspecified atom stereocenters. The van der Waals surface area contributed by atoms with E-state index in [4.69, 9.17) is 9.47 Å². The van der Waals surface area contributed by atoms with Gasteiger partial charge in [-0.2, -0.15) is 0 Å². The van der Waals surface area contributed by atoms with Crippen molar-refractivity contribution >= 4 is 17.8 Å². The predicted molar refractivity (Wildman–Crippen MR) is 117 cm³/mol. The Kier molecular flexibility index (Phi) is 5.76. The molecular weight excluding hydrogens is 376 g/mol. The normalized spacial score (nSPS) is 17.9. The van der Waals surface area contributed by atoms with Gasteiger partial charge in [0.15, 0.2) is 5.76 Å². The third-order valence-electron chi connectivity index (χ3n) is 6.00. The molecule has 0 spiro atoms. The first-order valence-electron chi connectivity index (χ1n) is 10.8. The van der Waals surface area contributed by atoms with Crippen molar-refractivity contribution in [2.24, 2.45) is 5.92 Å². The highest BCUT2D eigenvalue weighted by atomic mass is 16.5. The summed E-state index contributed by atoms with van der Waals surface area (Å²) in [6, 6.07) is 11.5. The molecule has 2 aromatic carbocycles. The molecule has 0 amide bonds. The van der Waals surface area contributed by atoms with Crippen LogP contribution in [0.5, 0.6) is 11.5 Å². The molecule has 4 nitrogen and oxygen atoms in total. The number of aryl methyl sites for hydroxylation is 1. The van der Waals surface area contributed by atoms with Crippen LogP contribution in [0.2, 0.25) is 0 Å². The Balaban J connectivity index is 1.53. The molecule has 2 aromatic rings. The van der Waals surface area contributed by atoms with E-state index in [0.29, 0.717) is 28.7 Å². The minimum Gasteiger partial charge on any atom is -0.452 e. The number of hydrogen-bond acceptors (Lipinski definition) is 4. The summed E-state index contributed by atoms with van der Waals surface area (Å²) < 4.78 is 11.5. The summed E-state index contributed by atoms with van der Waals surface area (Å²) in [6.45, 7) is 6.14. The number of ketones is 1. The molecule has 0 aromatic heterocycles. The molecule has 0 atom stereocenters. The van der Waals surface area contributed by atoms with Gasteiger partial charge in [-0.3, -0.25) is 9.59 Å². The summed E-state index contributed by atoms with van der Waals surface area (Å²) in [7, 11) is 0. The smallest absolute Gasteiger partial charge is 0.314 e. The first-order valence-corrected chi connectivity index (χ1v) is 10.8. The highest BCUT2D eigenvalue weighted by molar-refractivity contribution is 6.15. The van der Waals surface area contributed by atoms with Crippen molar-refractivity contribution in [2.75, 3.05) is 0 Å². The summed E-state index contributed by atoms with van der Waals surface area (Å²) in [5, 5.41) is 0. The number of carbonyl (C=O) groups is 2. The number of hydrogen-bond donors (Lipinski definition) is 0. The Bertz CT molecular complexity index is 992. The van der Waals surface area contributed by atoms with Crippen LogP contribution in [0, 0.1) is 12.8 Å². The fourth-order valence-corrected chi connectivity index (χ4v) is 4.20. The summed E-state index contributed by atoms with van der Waals surface area (Å²) in [6.07, 6.45) is 6.88. The van der Waals surface area contributed by atoms with Gasteiger partial charge in [0.25, 0.3) is 0 Å². The van der Waals surface area contributed by atoms with Crippen LogP contribution in [0.4, 0.5) is 0 Å². The van der Waals surface area contributed by atoms with E-state index in [1.165, 1.54) is 12.0 Å². The second kappa shape index (κ2) is 8.47. The number of allylic oxidation sites excluding steroid dienone is 1. The molecule has 4 heteroatoms. The van der Waals surface area contributed by atoms with Gasteiger partial charge in [-0.1, -0.05) is 57.4 Å². The molecule has 4 rings (SSSR count). The fraction of sp³-hybridized carbons (Fsp3) is 0.385. The Morgan fingerprint density at radius 1 is 1.10 bits per heavy atom. The Hall–Kier alpha value is -2.88. The Labute approximate surface area is 177 Å². The van der Waals surface area contributed by atoms with Crippen molar-refractivity contribution in [1.82, 2.24) is 0 Å². The second-order valence-corrected chi connectivity index (χ2v) is 8.63. The number of Topliss-reactive ketones (excluding diaryl/α,β-unsaturated/α-hetero) is 1. The summed E-state index contributed by atoms with van der Waals surface area (Å²) in [4.78, 5) is 25.4. The van der Waals surface area contributed by atoms with Gasteiger partial charge >= 0.3 is 5.97 Å². The molecule has 1 aliphatic heterocycles. The zero-order valence-electron chi connectivity index (χ0n) is 17.9. The van der Waals surface area contributed by atoms with Crippen molar-refractivity contribution in [3.8, 4) is 11.5 Å². The number of benzene rings is 2. The second-order valence-electron chi connectivity index (χ2n) is 8.63. The van der Waals surface area contributed by atoms with Gasteiger partial charge in [0, 0.05) is 6.07 Å². The van der Waals surface area contributed by atoms with Crippen LogP contribution in [0.15, 0.2) is 42.2 Å². The van der Waals surface area contributed by atoms with Gasteiger partial charge in [0.05, 0.1) is 11.5 Å². The lowest BCUT2D eigenvalue weighted by molar-refractivity contribution is -0.139. The van der Waals surface area contributed by atoms with Crippen LogP contribution >= 0.6 is 0 Å². The predicted octanol–water partition coefficient (Wildman–Crippen LogP) is 6.22. The van der Waals surface area contributed by atoms with Gasteiger partial charge in [-0.05, 0) is 54.5 Å². The van der Waals surface area contributed by atoms with Crippen LogP contribution in [0.25, 0.3) is 6.08 Å². The van der Waals surface area contributed by atoms with Crippen molar-refractivity contribution in [2.45, 2.75) is 58.8 Å². The topological polar surface area (TPSA) is 52.6 Å². The van der Waals surface area contributed by atoms with E-state index in [2.05, 4.69) is 26.0 Å². The highest BCUT2D eigenvalue weighted by Gasteiger charge is 2.31. The zero-order valence-corrected chi connectivity index (χ0v) is 17.9. The molecule has 30 heavy (non-hydrogen) atoms. The maximum Gasteiger partial charge on any atom is 0.314 e. The zero-order chi connectivity index (χ0) is 21.3. The van der Waals surface area contributed by atoms with E-state index in [1.54, 1.807) is 18.2 Å². The van der Waals surface area contributed by atoms with E-state index in [1.807, 2.05) is 19.1 Å². The van der Waals surface area contributed by atoms with E-state index < -0.39 is 0 Å². The minimum atomic E-state index is -0.181. The summed E-state index contributed by atoms with van der Waals surface area (Å²) in [5.74, 6) is 1.30. The van der Waals surface area contributed by atoms with Crippen molar-refractivity contribution in [3.63, 3.8) is 0 Å². The SMILES string of the molecule is Cc1cc(OC(=O)C2CCCCC2)cc2c1C(=O)/C(=C/c1ccc(C(C)C)cc1)O2. The molecule has 0 saturated heterocycles. The van der Waals surface area contributed by atoms with Crippen molar-refractivity contribution in [3.05, 3.63) is 64.4 Å². The first-order chi connectivity index (χ1) is 14.4. The van der Waals surface area contributed by atoms with Gasteiger partial charge < -0.3 is 9.47 Å². The van der Waals surface area contributed by atoms with Crippen LogP contribution in [-0.4, -0.2) is 11.8 Å². The summed E-state index contributed by atoms with van der Waals surface area (Å²) >= 11 is 0. The molecule has 0 radical (unpaired) electrons. The number of carbonyl (C=O) groups excluding carboxylic acids is 2. The average molecular weight is 405 g/mol. The lowest BCUT2D eigenvalue weighted by Crippen LogP contribution is -2.22. The molecule has 156 valence electrons. The molecule has 0 N–H and O–H groups in total. The molecule has 0 bridgehead atoms. The van der Waals surface area contributed by atoms with Crippen LogP contribution in [0.3, 0.4) is 0 Å². The highest BCUT2D eigenvalue weighted by Crippen LogP contribution is 2.38. The van der Waals surface area contributed by atoms with Gasteiger partial charge in [0.1, 0.15) is 11.5 Å². The molecule has 1 saturated carbocycles. The van der Waals surface area contributed by atoms with E-state index in [0.717, 1.165) is 36.8 Å². The first kappa shape index (κ1) is 20.4. The Morgan fingerprint density at radius 2 is 1.80 bits per heavy atom. The summed E-state index contributed by atoms with van der Waals surface area (Å²) in [5.41, 5.74) is 3.46. The van der Waals surface area contributed by atoms with Crippen molar-refractivity contribution in [1.29, 1.82) is 0 Å². The lowest BCUT2D eigenvalue weighted by atomic mass is 9.89. The van der Waals surface area contributed by atoms with Crippen LogP contribution < -0.4 is 9.47 Å². The van der Waals surface area contributed by atoms with E-state index in [9.17, 15) is 9.59 Å². The molecule has 1 aliphatic carbocycles. The number of ether oxygens (including phenoxy) is 2. The minimum absolute atomic E-state index is 0.0286. The lowest BCUT2D eigenvalue weighted by Gasteiger charge is -2.20. The van der Waals surface area contributed by atoms with E-state index in [-0.39, 0.29) is 17.7 Å². The van der Waals surface area contributed by atoms with Crippen molar-refractivity contribution < 1.29 is 19.1 Å². The van der Waals surface area contributed by atoms with Crippen LogP contribution in [0.1, 0.15) is 78.9 Å². The third-order valence-corrected chi connectivity index (χ3v) is 6.00. The maximum atomic E-state index is 12.9. The van der Waals surface area contributed by atoms with Gasteiger partial charge in [0.2, 0.25) is 5.78 Å². The molecule has 1 fully saturated rings. The Morgan fingerprint density at radius 3 is 2.47 bits per heavy atom. The largest absolute Gasteiger partial charge is 0.452 e. The van der Waals surface area contributed by atoms with E-state index >= 15 is 0 Å². The number of fused-ring (bicyclic) bond motifs is 1. The van der Waals surface area contributed by atoms with Crippen LogP contribution in [-0.2, 0) is 4.79 Å². The molecular formula is C26H28O4. The maximum absolute atomic E-state index is 12.9. The van der Waals surface area contributed by atoms with Gasteiger partial charge in [-0.25, -0.2) is 0 Å². The quantitative estimate of drug-likeness (QED) is 0.345. The molecule has 2 aliphatic rings.